The number of ether oxygens (including phenoxy) is 1. The van der Waals surface area contributed by atoms with E-state index in [1.165, 1.54) is 0 Å². The molecular formula is C18H25NO4. The summed E-state index contributed by atoms with van der Waals surface area (Å²) in [6, 6.07) is 7.61. The topological polar surface area (TPSA) is 75.6 Å². The van der Waals surface area contributed by atoms with Crippen molar-refractivity contribution in [3.63, 3.8) is 0 Å². The quantitative estimate of drug-likeness (QED) is 0.845. The van der Waals surface area contributed by atoms with E-state index in [1.54, 1.807) is 21.0 Å². The maximum Gasteiger partial charge on any atom is 0.310 e. The van der Waals surface area contributed by atoms with Crippen LogP contribution in [0.2, 0.25) is 0 Å². The minimum atomic E-state index is -0.982. The highest BCUT2D eigenvalue weighted by Gasteiger charge is 2.43. The molecule has 1 aromatic rings. The number of carbonyl (C=O) groups is 2. The minimum Gasteiger partial charge on any atom is -0.497 e. The van der Waals surface area contributed by atoms with Crippen LogP contribution in [0, 0.1) is 5.41 Å². The molecule has 2 N–H and O–H groups in total. The summed E-state index contributed by atoms with van der Waals surface area (Å²) in [6.07, 6.45) is 3.54. The Morgan fingerprint density at radius 2 is 1.96 bits per heavy atom. The van der Waals surface area contributed by atoms with E-state index >= 15 is 0 Å². The summed E-state index contributed by atoms with van der Waals surface area (Å²) >= 11 is 0. The molecule has 1 saturated carbocycles. The van der Waals surface area contributed by atoms with Crippen molar-refractivity contribution in [1.29, 1.82) is 0 Å². The summed E-state index contributed by atoms with van der Waals surface area (Å²) in [7, 11) is 1.61. The number of hydrogen-bond acceptors (Lipinski definition) is 3. The molecule has 1 aliphatic carbocycles. The fraction of sp³-hybridized carbons (Fsp3) is 0.556. The molecule has 5 heteroatoms. The third kappa shape index (κ3) is 3.49. The molecule has 0 bridgehead atoms. The van der Waals surface area contributed by atoms with E-state index in [-0.39, 0.29) is 12.5 Å². The number of rotatable bonds is 6. The molecule has 1 aliphatic rings. The van der Waals surface area contributed by atoms with Crippen molar-refractivity contribution in [2.75, 3.05) is 13.7 Å². The third-order valence-corrected chi connectivity index (χ3v) is 4.78. The van der Waals surface area contributed by atoms with Gasteiger partial charge in [-0.25, -0.2) is 0 Å². The number of carboxylic acids is 1. The van der Waals surface area contributed by atoms with Gasteiger partial charge in [0.15, 0.2) is 0 Å². The van der Waals surface area contributed by atoms with Crippen LogP contribution in [0.15, 0.2) is 24.3 Å². The van der Waals surface area contributed by atoms with Crippen LogP contribution in [-0.4, -0.2) is 30.6 Å². The molecule has 1 amide bonds. The summed E-state index contributed by atoms with van der Waals surface area (Å²) < 4.78 is 5.28. The van der Waals surface area contributed by atoms with Gasteiger partial charge in [0.05, 0.1) is 17.9 Å². The predicted octanol–water partition coefficient (Wildman–Crippen LogP) is 2.73. The van der Waals surface area contributed by atoms with Gasteiger partial charge in [-0.3, -0.25) is 9.59 Å². The number of methoxy groups -OCH3 is 1. The number of amides is 1. The van der Waals surface area contributed by atoms with Gasteiger partial charge in [0.25, 0.3) is 0 Å². The molecule has 0 atom stereocenters. The van der Waals surface area contributed by atoms with Crippen LogP contribution in [0.25, 0.3) is 0 Å². The van der Waals surface area contributed by atoms with Gasteiger partial charge in [-0.1, -0.05) is 25.0 Å². The van der Waals surface area contributed by atoms with Gasteiger partial charge < -0.3 is 15.2 Å². The first kappa shape index (κ1) is 17.3. The lowest BCUT2D eigenvalue weighted by Gasteiger charge is -2.30. The van der Waals surface area contributed by atoms with Crippen molar-refractivity contribution in [3.05, 3.63) is 29.8 Å². The molecule has 5 nitrogen and oxygen atoms in total. The van der Waals surface area contributed by atoms with Gasteiger partial charge in [-0.05, 0) is 44.4 Å². The van der Waals surface area contributed by atoms with E-state index in [4.69, 9.17) is 4.74 Å². The van der Waals surface area contributed by atoms with Crippen LogP contribution in [0.1, 0.15) is 45.1 Å². The molecule has 0 heterocycles. The molecule has 1 fully saturated rings. The highest BCUT2D eigenvalue weighted by Crippen LogP contribution is 2.42. The van der Waals surface area contributed by atoms with E-state index in [0.29, 0.717) is 0 Å². The SMILES string of the molecule is COc1cccc(C2(C(=O)NCC(C)(C)C(=O)O)CCCC2)c1. The molecule has 23 heavy (non-hydrogen) atoms. The molecule has 0 aliphatic heterocycles. The van der Waals surface area contributed by atoms with Crippen LogP contribution < -0.4 is 10.1 Å². The molecule has 126 valence electrons. The van der Waals surface area contributed by atoms with Crippen LogP contribution in [0.5, 0.6) is 5.75 Å². The highest BCUT2D eigenvalue weighted by molar-refractivity contribution is 5.89. The Labute approximate surface area is 137 Å². The third-order valence-electron chi connectivity index (χ3n) is 4.78. The maximum atomic E-state index is 12.9. The van der Waals surface area contributed by atoms with E-state index in [9.17, 15) is 14.7 Å². The van der Waals surface area contributed by atoms with E-state index in [1.807, 2.05) is 24.3 Å². The molecule has 0 unspecified atom stereocenters. The van der Waals surface area contributed by atoms with Gasteiger partial charge in [0.1, 0.15) is 5.75 Å². The first-order valence-electron chi connectivity index (χ1n) is 7.98. The molecule has 1 aromatic carbocycles. The van der Waals surface area contributed by atoms with Crippen LogP contribution in [0.4, 0.5) is 0 Å². The summed E-state index contributed by atoms with van der Waals surface area (Å²) in [5.41, 5.74) is -0.618. The lowest BCUT2D eigenvalue weighted by molar-refractivity contribution is -0.147. The molecular weight excluding hydrogens is 294 g/mol. The van der Waals surface area contributed by atoms with Gasteiger partial charge in [0.2, 0.25) is 5.91 Å². The summed E-state index contributed by atoms with van der Waals surface area (Å²) in [6.45, 7) is 3.35. The lowest BCUT2D eigenvalue weighted by Crippen LogP contribution is -2.47. The van der Waals surface area contributed by atoms with E-state index in [2.05, 4.69) is 5.32 Å². The largest absolute Gasteiger partial charge is 0.497 e. The molecule has 2 rings (SSSR count). The van der Waals surface area contributed by atoms with Crippen molar-refractivity contribution in [3.8, 4) is 5.75 Å². The molecule has 0 saturated heterocycles. The molecule has 0 spiro atoms. The zero-order valence-electron chi connectivity index (χ0n) is 14.0. The standard InChI is InChI=1S/C18H25NO4/c1-17(2,16(21)22)12-19-15(20)18(9-4-5-10-18)13-7-6-8-14(11-13)23-3/h6-8,11H,4-5,9-10,12H2,1-3H3,(H,19,20)(H,21,22). The number of benzene rings is 1. The Balaban J connectivity index is 2.23. The lowest BCUT2D eigenvalue weighted by atomic mass is 9.77. The predicted molar refractivity (Wildman–Crippen MR) is 87.6 cm³/mol. The van der Waals surface area contributed by atoms with Gasteiger partial charge in [-0.15, -0.1) is 0 Å². The number of carboxylic acid groups (broad SMARTS) is 1. The Kier molecular flexibility index (Phi) is 4.97. The Morgan fingerprint density at radius 3 is 2.52 bits per heavy atom. The second kappa shape index (κ2) is 6.60. The Morgan fingerprint density at radius 1 is 1.30 bits per heavy atom. The van der Waals surface area contributed by atoms with Crippen molar-refractivity contribution >= 4 is 11.9 Å². The average molecular weight is 319 g/mol. The monoisotopic (exact) mass is 319 g/mol. The van der Waals surface area contributed by atoms with Gasteiger partial charge >= 0.3 is 5.97 Å². The van der Waals surface area contributed by atoms with Crippen molar-refractivity contribution in [2.45, 2.75) is 44.9 Å². The smallest absolute Gasteiger partial charge is 0.310 e. The van der Waals surface area contributed by atoms with E-state index < -0.39 is 16.8 Å². The van der Waals surface area contributed by atoms with Crippen molar-refractivity contribution < 1.29 is 19.4 Å². The van der Waals surface area contributed by atoms with E-state index in [0.717, 1.165) is 37.0 Å². The number of nitrogens with one attached hydrogen (secondary N) is 1. The highest BCUT2D eigenvalue weighted by atomic mass is 16.5. The zero-order chi connectivity index (χ0) is 17.1. The molecule has 0 radical (unpaired) electrons. The first-order chi connectivity index (χ1) is 10.8. The minimum absolute atomic E-state index is 0.0856. The van der Waals surface area contributed by atoms with Crippen molar-refractivity contribution in [2.24, 2.45) is 5.41 Å². The summed E-state index contributed by atoms with van der Waals surface area (Å²) in [4.78, 5) is 24.1. The van der Waals surface area contributed by atoms with Gasteiger partial charge in [-0.2, -0.15) is 0 Å². The second-order valence-electron chi connectivity index (χ2n) is 6.89. The van der Waals surface area contributed by atoms with Crippen LogP contribution >= 0.6 is 0 Å². The number of carbonyl (C=O) groups excluding carboxylic acids is 1. The van der Waals surface area contributed by atoms with Crippen LogP contribution in [0.3, 0.4) is 0 Å². The first-order valence-corrected chi connectivity index (χ1v) is 7.98. The normalized spacial score (nSPS) is 16.8. The fourth-order valence-corrected chi connectivity index (χ4v) is 3.09. The fourth-order valence-electron chi connectivity index (χ4n) is 3.09. The molecule has 0 aromatic heterocycles. The second-order valence-corrected chi connectivity index (χ2v) is 6.89. The van der Waals surface area contributed by atoms with Gasteiger partial charge in [0, 0.05) is 6.54 Å². The summed E-state index contributed by atoms with van der Waals surface area (Å²) in [5, 5.41) is 12.1. The van der Waals surface area contributed by atoms with Crippen molar-refractivity contribution in [1.82, 2.24) is 5.32 Å². The summed E-state index contributed by atoms with van der Waals surface area (Å²) in [5.74, 6) is -0.273. The number of hydrogen-bond donors (Lipinski definition) is 2. The zero-order valence-corrected chi connectivity index (χ0v) is 14.0. The maximum absolute atomic E-state index is 12.9. The van der Waals surface area contributed by atoms with Crippen LogP contribution in [-0.2, 0) is 15.0 Å². The Bertz CT molecular complexity index is 588. The number of aliphatic carboxylic acids is 1. The Hall–Kier alpha value is -2.04. The average Bonchev–Trinajstić information content (AvgIpc) is 3.03.